The van der Waals surface area contributed by atoms with Gasteiger partial charge in [0, 0.05) is 18.2 Å². The van der Waals surface area contributed by atoms with Gasteiger partial charge in [-0.3, -0.25) is 13.9 Å². The first-order valence-electron chi connectivity index (χ1n) is 7.98. The predicted octanol–water partition coefficient (Wildman–Crippen LogP) is 0.406. The molecule has 2 unspecified atom stereocenters. The van der Waals surface area contributed by atoms with Crippen LogP contribution in [0.2, 0.25) is 0 Å². The number of hydrogen-bond donors (Lipinski definition) is 2. The molecule has 2 aliphatic heterocycles. The lowest BCUT2D eigenvalue weighted by atomic mass is 10.0. The highest BCUT2D eigenvalue weighted by molar-refractivity contribution is 7.92. The molecule has 1 aromatic rings. The average Bonchev–Trinajstić information content (AvgIpc) is 2.84. The summed E-state index contributed by atoms with van der Waals surface area (Å²) in [5, 5.41) is 5.48. The molecule has 130 valence electrons. The van der Waals surface area contributed by atoms with Crippen molar-refractivity contribution in [2.75, 3.05) is 17.1 Å². The first kappa shape index (κ1) is 16.8. The van der Waals surface area contributed by atoms with E-state index in [-0.39, 0.29) is 17.9 Å². The van der Waals surface area contributed by atoms with Crippen LogP contribution in [-0.2, 0) is 21.2 Å². The van der Waals surface area contributed by atoms with Gasteiger partial charge in [0.15, 0.2) is 0 Å². The van der Waals surface area contributed by atoms with Crippen molar-refractivity contribution in [1.29, 1.82) is 0 Å². The van der Waals surface area contributed by atoms with Crippen LogP contribution in [0.25, 0.3) is 0 Å². The van der Waals surface area contributed by atoms with E-state index in [0.717, 1.165) is 12.0 Å². The van der Waals surface area contributed by atoms with Gasteiger partial charge < -0.3 is 10.6 Å². The molecule has 0 aromatic heterocycles. The predicted molar refractivity (Wildman–Crippen MR) is 90.4 cm³/mol. The van der Waals surface area contributed by atoms with E-state index in [1.165, 1.54) is 10.6 Å². The molecule has 1 fully saturated rings. The van der Waals surface area contributed by atoms with E-state index >= 15 is 0 Å². The van der Waals surface area contributed by atoms with Gasteiger partial charge >= 0.3 is 0 Å². The Kier molecular flexibility index (Phi) is 4.25. The number of fused-ring (bicyclic) bond motifs is 1. The number of nitrogens with zero attached hydrogens (tertiary/aromatic N) is 1. The van der Waals surface area contributed by atoms with E-state index in [0.29, 0.717) is 30.6 Å². The minimum Gasteiger partial charge on any atom is -0.354 e. The van der Waals surface area contributed by atoms with Gasteiger partial charge in [0.05, 0.1) is 11.9 Å². The second kappa shape index (κ2) is 6.08. The molecule has 2 atom stereocenters. The Bertz CT molecular complexity index is 791. The summed E-state index contributed by atoms with van der Waals surface area (Å²) in [4.78, 5) is 24.1. The number of anilines is 1. The smallest absolute Gasteiger partial charge is 0.251 e. The SMILES string of the molecule is CC1Cc2cc(C(=O)NC3CCCNC3=O)ccc2N1S(C)(=O)=O. The third-order valence-electron chi connectivity index (χ3n) is 4.44. The van der Waals surface area contributed by atoms with E-state index in [4.69, 9.17) is 0 Å². The number of carbonyl (C=O) groups is 2. The molecule has 2 amide bonds. The average molecular weight is 351 g/mol. The van der Waals surface area contributed by atoms with Gasteiger partial charge in [0.25, 0.3) is 5.91 Å². The number of carbonyl (C=O) groups excluding carboxylic acids is 2. The molecule has 24 heavy (non-hydrogen) atoms. The van der Waals surface area contributed by atoms with E-state index in [1.807, 2.05) is 6.92 Å². The molecule has 8 heteroatoms. The number of nitrogens with one attached hydrogen (secondary N) is 2. The van der Waals surface area contributed by atoms with Crippen LogP contribution in [0.5, 0.6) is 0 Å². The highest BCUT2D eigenvalue weighted by Crippen LogP contribution is 2.34. The zero-order valence-electron chi connectivity index (χ0n) is 13.7. The zero-order chi connectivity index (χ0) is 17.5. The summed E-state index contributed by atoms with van der Waals surface area (Å²) < 4.78 is 25.2. The highest BCUT2D eigenvalue weighted by atomic mass is 32.2. The molecule has 2 N–H and O–H groups in total. The summed E-state index contributed by atoms with van der Waals surface area (Å²) in [7, 11) is -3.35. The van der Waals surface area contributed by atoms with Crippen molar-refractivity contribution < 1.29 is 18.0 Å². The summed E-state index contributed by atoms with van der Waals surface area (Å²) in [5.41, 5.74) is 1.89. The van der Waals surface area contributed by atoms with Gasteiger partial charge in [-0.05, 0) is 49.9 Å². The summed E-state index contributed by atoms with van der Waals surface area (Å²) in [5.74, 6) is -0.474. The van der Waals surface area contributed by atoms with Crippen molar-refractivity contribution in [1.82, 2.24) is 10.6 Å². The molecular formula is C16H21N3O4S. The molecule has 1 aromatic carbocycles. The largest absolute Gasteiger partial charge is 0.354 e. The van der Waals surface area contributed by atoms with Crippen molar-refractivity contribution in [2.45, 2.75) is 38.3 Å². The number of rotatable bonds is 3. The summed E-state index contributed by atoms with van der Waals surface area (Å²) >= 11 is 0. The lowest BCUT2D eigenvalue weighted by Gasteiger charge is -2.23. The minimum atomic E-state index is -3.35. The van der Waals surface area contributed by atoms with Crippen molar-refractivity contribution in [3.05, 3.63) is 29.3 Å². The van der Waals surface area contributed by atoms with E-state index in [9.17, 15) is 18.0 Å². The fraction of sp³-hybridized carbons (Fsp3) is 0.500. The standard InChI is InChI=1S/C16H21N3O4S/c1-10-8-12-9-11(5-6-14(12)19(10)24(2,22)23)15(20)18-13-4-3-7-17-16(13)21/h5-6,9-10,13H,3-4,7-8H2,1-2H3,(H,17,21)(H,18,20). The summed E-state index contributed by atoms with van der Waals surface area (Å²) in [6, 6.07) is 4.30. The van der Waals surface area contributed by atoms with Crippen LogP contribution in [0, 0.1) is 0 Å². The molecular weight excluding hydrogens is 330 g/mol. The normalized spacial score (nSPS) is 23.6. The van der Waals surface area contributed by atoms with Gasteiger partial charge in [0.1, 0.15) is 6.04 Å². The van der Waals surface area contributed by atoms with Crippen LogP contribution in [0.4, 0.5) is 5.69 Å². The molecule has 7 nitrogen and oxygen atoms in total. The number of hydrogen-bond acceptors (Lipinski definition) is 4. The maximum absolute atomic E-state index is 12.4. The van der Waals surface area contributed by atoms with E-state index in [1.54, 1.807) is 18.2 Å². The molecule has 0 bridgehead atoms. The molecule has 1 saturated heterocycles. The first-order chi connectivity index (χ1) is 11.3. The monoisotopic (exact) mass is 351 g/mol. The van der Waals surface area contributed by atoms with Crippen molar-refractivity contribution in [3.8, 4) is 0 Å². The zero-order valence-corrected chi connectivity index (χ0v) is 14.5. The van der Waals surface area contributed by atoms with Gasteiger partial charge in [-0.25, -0.2) is 8.42 Å². The molecule has 0 radical (unpaired) electrons. The summed E-state index contributed by atoms with van der Waals surface area (Å²) in [6.45, 7) is 2.48. The fourth-order valence-electron chi connectivity index (χ4n) is 3.40. The van der Waals surface area contributed by atoms with Crippen molar-refractivity contribution >= 4 is 27.5 Å². The Labute approximate surface area is 141 Å². The first-order valence-corrected chi connectivity index (χ1v) is 9.83. The Hall–Kier alpha value is -2.09. The molecule has 3 rings (SSSR count). The van der Waals surface area contributed by atoms with Crippen LogP contribution in [0.1, 0.15) is 35.7 Å². The van der Waals surface area contributed by atoms with Gasteiger partial charge in [-0.1, -0.05) is 0 Å². The van der Waals surface area contributed by atoms with Crippen molar-refractivity contribution in [3.63, 3.8) is 0 Å². The maximum Gasteiger partial charge on any atom is 0.251 e. The Balaban J connectivity index is 1.81. The van der Waals surface area contributed by atoms with E-state index in [2.05, 4.69) is 10.6 Å². The highest BCUT2D eigenvalue weighted by Gasteiger charge is 2.33. The fourth-order valence-corrected chi connectivity index (χ4v) is 4.66. The van der Waals surface area contributed by atoms with Gasteiger partial charge in [-0.2, -0.15) is 0 Å². The van der Waals surface area contributed by atoms with Gasteiger partial charge in [-0.15, -0.1) is 0 Å². The topological polar surface area (TPSA) is 95.6 Å². The van der Waals surface area contributed by atoms with Crippen LogP contribution in [0.3, 0.4) is 0 Å². The number of piperidine rings is 1. The number of amides is 2. The third-order valence-corrected chi connectivity index (χ3v) is 5.71. The Morgan fingerprint density at radius 2 is 2.12 bits per heavy atom. The molecule has 0 spiro atoms. The van der Waals surface area contributed by atoms with Crippen LogP contribution in [0.15, 0.2) is 18.2 Å². The molecule has 0 saturated carbocycles. The summed E-state index contributed by atoms with van der Waals surface area (Å²) in [6.07, 6.45) is 3.21. The third kappa shape index (κ3) is 3.10. The quantitative estimate of drug-likeness (QED) is 0.824. The van der Waals surface area contributed by atoms with Crippen LogP contribution < -0.4 is 14.9 Å². The van der Waals surface area contributed by atoms with Gasteiger partial charge in [0.2, 0.25) is 15.9 Å². The molecule has 2 heterocycles. The van der Waals surface area contributed by atoms with Crippen LogP contribution in [-0.4, -0.2) is 45.1 Å². The minimum absolute atomic E-state index is 0.160. The Morgan fingerprint density at radius 3 is 2.79 bits per heavy atom. The van der Waals surface area contributed by atoms with Crippen LogP contribution >= 0.6 is 0 Å². The Morgan fingerprint density at radius 1 is 1.38 bits per heavy atom. The lowest BCUT2D eigenvalue weighted by molar-refractivity contribution is -0.124. The molecule has 2 aliphatic rings. The molecule has 0 aliphatic carbocycles. The maximum atomic E-state index is 12.4. The second-order valence-electron chi connectivity index (χ2n) is 6.41. The lowest BCUT2D eigenvalue weighted by Crippen LogP contribution is -2.50. The van der Waals surface area contributed by atoms with E-state index < -0.39 is 16.1 Å². The van der Waals surface area contributed by atoms with Crippen molar-refractivity contribution in [2.24, 2.45) is 0 Å². The number of benzene rings is 1. The second-order valence-corrected chi connectivity index (χ2v) is 8.27. The number of sulfonamides is 1.